The third kappa shape index (κ3) is 4.17. The summed E-state index contributed by atoms with van der Waals surface area (Å²) in [5.41, 5.74) is 2.06. The molecule has 2 aromatic carbocycles. The van der Waals surface area contributed by atoms with Gasteiger partial charge in [-0.25, -0.2) is 0 Å². The molecule has 1 aliphatic heterocycles. The van der Waals surface area contributed by atoms with Crippen molar-refractivity contribution < 1.29 is 4.79 Å². The molecule has 2 aromatic rings. The van der Waals surface area contributed by atoms with Gasteiger partial charge in [0.05, 0.1) is 0 Å². The first-order valence-electron chi connectivity index (χ1n) is 8.32. The molecule has 0 bridgehead atoms. The standard InChI is InChI=1S/C20H23NOS/c1-16-7-5-6-14-21(16)20(22)18-12-10-17(11-13-18)15-23-19-8-3-2-4-9-19/h2-4,8-13,16H,5-7,14-15H2,1H3. The van der Waals surface area contributed by atoms with Gasteiger partial charge in [-0.05, 0) is 56.0 Å². The van der Waals surface area contributed by atoms with Gasteiger partial charge in [0.25, 0.3) is 5.91 Å². The van der Waals surface area contributed by atoms with Crippen molar-refractivity contribution >= 4 is 17.7 Å². The molecule has 1 atom stereocenters. The number of carbonyl (C=O) groups is 1. The summed E-state index contributed by atoms with van der Waals surface area (Å²) >= 11 is 1.82. The number of piperidine rings is 1. The van der Waals surface area contributed by atoms with Crippen LogP contribution in [0.25, 0.3) is 0 Å². The highest BCUT2D eigenvalue weighted by molar-refractivity contribution is 7.98. The molecule has 1 saturated heterocycles. The van der Waals surface area contributed by atoms with E-state index in [1.54, 1.807) is 0 Å². The molecule has 0 aromatic heterocycles. The molecule has 2 nitrogen and oxygen atoms in total. The summed E-state index contributed by atoms with van der Waals surface area (Å²) in [6, 6.07) is 18.9. The quantitative estimate of drug-likeness (QED) is 0.738. The van der Waals surface area contributed by atoms with Gasteiger partial charge in [0, 0.05) is 28.8 Å². The Labute approximate surface area is 142 Å². The maximum Gasteiger partial charge on any atom is 0.254 e. The SMILES string of the molecule is CC1CCCCN1C(=O)c1ccc(CSc2ccccc2)cc1. The Balaban J connectivity index is 1.61. The normalized spacial score (nSPS) is 18.0. The molecule has 1 heterocycles. The van der Waals surface area contributed by atoms with Crippen molar-refractivity contribution in [1.82, 2.24) is 4.90 Å². The molecule has 0 saturated carbocycles. The molecule has 120 valence electrons. The molecule has 0 aliphatic carbocycles. The number of hydrogen-bond donors (Lipinski definition) is 0. The van der Waals surface area contributed by atoms with Gasteiger partial charge in [0.15, 0.2) is 0 Å². The molecule has 1 amide bonds. The second-order valence-corrected chi connectivity index (χ2v) is 7.19. The fourth-order valence-corrected chi connectivity index (χ4v) is 3.87. The first kappa shape index (κ1) is 16.1. The van der Waals surface area contributed by atoms with Crippen LogP contribution in [0.1, 0.15) is 42.1 Å². The average molecular weight is 325 g/mol. The number of nitrogens with zero attached hydrogens (tertiary/aromatic N) is 1. The molecular weight excluding hydrogens is 302 g/mol. The van der Waals surface area contributed by atoms with Crippen molar-refractivity contribution in [2.75, 3.05) is 6.54 Å². The Morgan fingerprint density at radius 1 is 1.09 bits per heavy atom. The summed E-state index contributed by atoms with van der Waals surface area (Å²) in [7, 11) is 0. The molecule has 1 aliphatic rings. The number of likely N-dealkylation sites (tertiary alicyclic amines) is 1. The summed E-state index contributed by atoms with van der Waals surface area (Å²) in [5.74, 6) is 1.11. The van der Waals surface area contributed by atoms with Crippen LogP contribution in [0, 0.1) is 0 Å². The fraction of sp³-hybridized carbons (Fsp3) is 0.350. The van der Waals surface area contributed by atoms with Gasteiger partial charge in [-0.1, -0.05) is 30.3 Å². The highest BCUT2D eigenvalue weighted by Crippen LogP contribution is 2.23. The van der Waals surface area contributed by atoms with Gasteiger partial charge in [-0.3, -0.25) is 4.79 Å². The van der Waals surface area contributed by atoms with Gasteiger partial charge in [-0.2, -0.15) is 0 Å². The van der Waals surface area contributed by atoms with Crippen LogP contribution in [0.4, 0.5) is 0 Å². The Bertz CT molecular complexity index is 638. The smallest absolute Gasteiger partial charge is 0.254 e. The number of benzene rings is 2. The lowest BCUT2D eigenvalue weighted by atomic mass is 10.0. The molecule has 3 heteroatoms. The van der Waals surface area contributed by atoms with Crippen LogP contribution in [-0.4, -0.2) is 23.4 Å². The number of carbonyl (C=O) groups excluding carboxylic acids is 1. The Hall–Kier alpha value is -1.74. The summed E-state index contributed by atoms with van der Waals surface area (Å²) in [6.45, 7) is 3.05. The second kappa shape index (κ2) is 7.69. The van der Waals surface area contributed by atoms with Gasteiger partial charge in [0.2, 0.25) is 0 Å². The first-order valence-corrected chi connectivity index (χ1v) is 9.30. The second-order valence-electron chi connectivity index (χ2n) is 6.14. The van der Waals surface area contributed by atoms with Crippen LogP contribution in [0.2, 0.25) is 0 Å². The summed E-state index contributed by atoms with van der Waals surface area (Å²) in [6.07, 6.45) is 3.49. The molecule has 0 radical (unpaired) electrons. The summed E-state index contributed by atoms with van der Waals surface area (Å²) < 4.78 is 0. The van der Waals surface area contributed by atoms with Gasteiger partial charge >= 0.3 is 0 Å². The number of rotatable bonds is 4. The van der Waals surface area contributed by atoms with E-state index >= 15 is 0 Å². The summed E-state index contributed by atoms with van der Waals surface area (Å²) in [4.78, 5) is 15.9. The van der Waals surface area contributed by atoms with E-state index in [2.05, 4.69) is 43.3 Å². The van der Waals surface area contributed by atoms with Crippen molar-refractivity contribution in [2.24, 2.45) is 0 Å². The van der Waals surface area contributed by atoms with Crippen molar-refractivity contribution in [3.63, 3.8) is 0 Å². The topological polar surface area (TPSA) is 20.3 Å². The van der Waals surface area contributed by atoms with E-state index in [1.165, 1.54) is 16.9 Å². The van der Waals surface area contributed by atoms with E-state index < -0.39 is 0 Å². The maximum absolute atomic E-state index is 12.6. The lowest BCUT2D eigenvalue weighted by Crippen LogP contribution is -2.42. The van der Waals surface area contributed by atoms with Gasteiger partial charge in [0.1, 0.15) is 0 Å². The zero-order chi connectivity index (χ0) is 16.1. The molecule has 0 spiro atoms. The van der Waals surface area contributed by atoms with Crippen LogP contribution < -0.4 is 0 Å². The molecule has 3 rings (SSSR count). The first-order chi connectivity index (χ1) is 11.2. The zero-order valence-corrected chi connectivity index (χ0v) is 14.4. The van der Waals surface area contributed by atoms with Gasteiger partial charge < -0.3 is 4.90 Å². The molecule has 0 N–H and O–H groups in total. The minimum atomic E-state index is 0.180. The monoisotopic (exact) mass is 325 g/mol. The predicted molar refractivity (Wildman–Crippen MR) is 96.8 cm³/mol. The fourth-order valence-electron chi connectivity index (χ4n) is 2.99. The molecule has 1 unspecified atom stereocenters. The van der Waals surface area contributed by atoms with Gasteiger partial charge in [-0.15, -0.1) is 11.8 Å². The van der Waals surface area contributed by atoms with Crippen molar-refractivity contribution in [3.05, 3.63) is 65.7 Å². The lowest BCUT2D eigenvalue weighted by molar-refractivity contribution is 0.0635. The van der Waals surface area contributed by atoms with Crippen LogP contribution >= 0.6 is 11.8 Å². The van der Waals surface area contributed by atoms with E-state index in [-0.39, 0.29) is 5.91 Å². The highest BCUT2D eigenvalue weighted by Gasteiger charge is 2.23. The lowest BCUT2D eigenvalue weighted by Gasteiger charge is -2.33. The van der Waals surface area contributed by atoms with Crippen molar-refractivity contribution in [2.45, 2.75) is 42.9 Å². The Morgan fingerprint density at radius 3 is 2.52 bits per heavy atom. The zero-order valence-electron chi connectivity index (χ0n) is 13.6. The van der Waals surface area contributed by atoms with Crippen molar-refractivity contribution in [1.29, 1.82) is 0 Å². The van der Waals surface area contributed by atoms with Crippen molar-refractivity contribution in [3.8, 4) is 0 Å². The number of thioether (sulfide) groups is 1. The third-order valence-electron chi connectivity index (χ3n) is 4.41. The Kier molecular flexibility index (Phi) is 5.39. The van der Waals surface area contributed by atoms with E-state index in [0.717, 1.165) is 30.7 Å². The molecular formula is C20H23NOS. The van der Waals surface area contributed by atoms with E-state index in [0.29, 0.717) is 6.04 Å². The number of amides is 1. The van der Waals surface area contributed by atoms with Crippen LogP contribution in [0.3, 0.4) is 0 Å². The maximum atomic E-state index is 12.6. The minimum absolute atomic E-state index is 0.180. The summed E-state index contributed by atoms with van der Waals surface area (Å²) in [5, 5.41) is 0. The Morgan fingerprint density at radius 2 is 1.83 bits per heavy atom. The van der Waals surface area contributed by atoms with Crippen LogP contribution in [0.5, 0.6) is 0 Å². The molecule has 23 heavy (non-hydrogen) atoms. The highest BCUT2D eigenvalue weighted by atomic mass is 32.2. The van der Waals surface area contributed by atoms with Crippen LogP contribution in [-0.2, 0) is 5.75 Å². The largest absolute Gasteiger partial charge is 0.336 e. The minimum Gasteiger partial charge on any atom is -0.336 e. The van der Waals surface area contributed by atoms with E-state index in [1.807, 2.05) is 34.9 Å². The predicted octanol–water partition coefficient (Wildman–Crippen LogP) is 4.99. The third-order valence-corrected chi connectivity index (χ3v) is 5.50. The van der Waals surface area contributed by atoms with E-state index in [9.17, 15) is 4.79 Å². The number of hydrogen-bond acceptors (Lipinski definition) is 2. The van der Waals surface area contributed by atoms with E-state index in [4.69, 9.17) is 0 Å². The van der Waals surface area contributed by atoms with Crippen LogP contribution in [0.15, 0.2) is 59.5 Å². The average Bonchev–Trinajstić information content (AvgIpc) is 2.61. The molecule has 1 fully saturated rings.